The lowest BCUT2D eigenvalue weighted by molar-refractivity contribution is -0.140. The average molecular weight is 398 g/mol. The summed E-state index contributed by atoms with van der Waals surface area (Å²) in [6, 6.07) is 3.40. The molecule has 0 saturated carbocycles. The van der Waals surface area contributed by atoms with Crippen LogP contribution in [0.5, 0.6) is 0 Å². The molecule has 0 saturated heterocycles. The third-order valence-electron chi connectivity index (χ3n) is 3.99. The maximum atomic E-state index is 12.4. The van der Waals surface area contributed by atoms with E-state index in [9.17, 15) is 27.6 Å². The van der Waals surface area contributed by atoms with Gasteiger partial charge in [0.05, 0.1) is 22.9 Å². The van der Waals surface area contributed by atoms with Crippen molar-refractivity contribution in [1.29, 1.82) is 0 Å². The van der Waals surface area contributed by atoms with Crippen molar-refractivity contribution in [3.8, 4) is 0 Å². The number of nitrogens with zero attached hydrogens (tertiary/aromatic N) is 1. The van der Waals surface area contributed by atoms with E-state index < -0.39 is 64.5 Å². The first-order valence-corrected chi connectivity index (χ1v) is 9.60. The van der Waals surface area contributed by atoms with Crippen molar-refractivity contribution in [3.05, 3.63) is 35.4 Å². The van der Waals surface area contributed by atoms with Crippen LogP contribution in [0.1, 0.15) is 40.5 Å². The summed E-state index contributed by atoms with van der Waals surface area (Å²) in [5.41, 5.74) is 0.342. The van der Waals surface area contributed by atoms with E-state index in [1.54, 1.807) is 12.1 Å². The highest BCUT2D eigenvalue weighted by atomic mass is 32.2. The second-order valence-electron chi connectivity index (χ2n) is 6.10. The fourth-order valence-electron chi connectivity index (χ4n) is 2.77. The van der Waals surface area contributed by atoms with Crippen LogP contribution in [0.15, 0.2) is 24.3 Å². The first kappa shape index (κ1) is 20.5. The molecule has 0 bridgehead atoms. The third-order valence-corrected chi connectivity index (χ3v) is 5.56. The molecule has 11 heteroatoms. The maximum Gasteiger partial charge on any atom is 0.321 e. The minimum absolute atomic E-state index is 0.171. The molecule has 0 spiro atoms. The van der Waals surface area contributed by atoms with Gasteiger partial charge in [0, 0.05) is 6.42 Å². The predicted octanol–water partition coefficient (Wildman–Crippen LogP) is -0.0915. The molecule has 2 rings (SSSR count). The highest BCUT2D eigenvalue weighted by molar-refractivity contribution is 7.89. The number of carbonyl (C=O) groups excluding carboxylic acids is 2. The van der Waals surface area contributed by atoms with Gasteiger partial charge in [0.15, 0.2) is 0 Å². The molecular weight excluding hydrogens is 380 g/mol. The topological polar surface area (TPSA) is 158 Å². The molecule has 0 unspecified atom stereocenters. The van der Waals surface area contributed by atoms with Crippen molar-refractivity contribution >= 4 is 33.8 Å². The number of benzene rings is 1. The number of imide groups is 1. The Bertz CT molecular complexity index is 860. The van der Waals surface area contributed by atoms with Crippen LogP contribution in [0.3, 0.4) is 0 Å². The number of nitrogens with one attached hydrogen (secondary N) is 1. The molecule has 0 radical (unpaired) electrons. The Labute approximate surface area is 154 Å². The number of carboxylic acid groups (broad SMARTS) is 2. The minimum atomic E-state index is -4.21. The van der Waals surface area contributed by atoms with Crippen LogP contribution in [0.4, 0.5) is 0 Å². The predicted molar refractivity (Wildman–Crippen MR) is 91.6 cm³/mol. The number of carboxylic acids is 2. The molecule has 146 valence electrons. The first-order valence-electron chi connectivity index (χ1n) is 7.95. The van der Waals surface area contributed by atoms with Crippen molar-refractivity contribution in [2.75, 3.05) is 5.75 Å². The zero-order chi connectivity index (χ0) is 20.4. The normalized spacial score (nSPS) is 16.1. The van der Waals surface area contributed by atoms with Crippen molar-refractivity contribution < 1.29 is 37.8 Å². The number of rotatable bonds is 9. The number of aliphatic carboxylic acids is 2. The van der Waals surface area contributed by atoms with Gasteiger partial charge in [-0.2, -0.15) is 0 Å². The van der Waals surface area contributed by atoms with Gasteiger partial charge in [0.25, 0.3) is 11.8 Å². The van der Waals surface area contributed by atoms with Crippen LogP contribution in [0.25, 0.3) is 0 Å². The van der Waals surface area contributed by atoms with Gasteiger partial charge in [-0.1, -0.05) is 12.1 Å². The zero-order valence-electron chi connectivity index (χ0n) is 14.3. The Balaban J connectivity index is 2.11. The summed E-state index contributed by atoms with van der Waals surface area (Å²) in [6.07, 6.45) is -0.973. The summed E-state index contributed by atoms with van der Waals surface area (Å²) < 4.78 is 26.5. The number of amides is 2. The Hall–Kier alpha value is -2.79. The van der Waals surface area contributed by atoms with E-state index in [-0.39, 0.29) is 11.1 Å². The summed E-state index contributed by atoms with van der Waals surface area (Å²) in [5.74, 6) is -4.75. The van der Waals surface area contributed by atoms with E-state index in [4.69, 9.17) is 10.2 Å². The molecule has 2 atom stereocenters. The molecule has 2 amide bonds. The number of carbonyl (C=O) groups is 4. The van der Waals surface area contributed by atoms with E-state index in [0.717, 1.165) is 4.90 Å². The molecule has 3 N–H and O–H groups in total. The van der Waals surface area contributed by atoms with Crippen LogP contribution < -0.4 is 4.72 Å². The highest BCUT2D eigenvalue weighted by Crippen LogP contribution is 2.24. The summed E-state index contributed by atoms with van der Waals surface area (Å²) in [4.78, 5) is 47.3. The molecule has 1 aromatic carbocycles. The smallest absolute Gasteiger partial charge is 0.321 e. The molecule has 10 nitrogen and oxygen atoms in total. The summed E-state index contributed by atoms with van der Waals surface area (Å²) in [5, 5.41) is 17.7. The Morgan fingerprint density at radius 2 is 1.63 bits per heavy atom. The average Bonchev–Trinajstić information content (AvgIpc) is 2.82. The number of hydrogen-bond donors (Lipinski definition) is 3. The summed E-state index contributed by atoms with van der Waals surface area (Å²) in [7, 11) is -4.21. The van der Waals surface area contributed by atoms with E-state index in [0.29, 0.717) is 0 Å². The second-order valence-corrected chi connectivity index (χ2v) is 7.90. The molecule has 0 fully saturated rings. The minimum Gasteiger partial charge on any atom is -0.481 e. The van der Waals surface area contributed by atoms with Gasteiger partial charge in [-0.05, 0) is 25.5 Å². The van der Waals surface area contributed by atoms with Gasteiger partial charge in [-0.25, -0.2) is 13.1 Å². The lowest BCUT2D eigenvalue weighted by atomic mass is 10.1. The Morgan fingerprint density at radius 3 is 2.07 bits per heavy atom. The van der Waals surface area contributed by atoms with Crippen LogP contribution in [0.2, 0.25) is 0 Å². The van der Waals surface area contributed by atoms with Crippen molar-refractivity contribution in [2.24, 2.45) is 0 Å². The van der Waals surface area contributed by atoms with E-state index in [1.165, 1.54) is 19.1 Å². The van der Waals surface area contributed by atoms with Crippen molar-refractivity contribution in [2.45, 2.75) is 31.8 Å². The van der Waals surface area contributed by atoms with Gasteiger partial charge in [0.2, 0.25) is 10.0 Å². The Kier molecular flexibility index (Phi) is 5.96. The molecular formula is C16H18N2O8S. The molecule has 27 heavy (non-hydrogen) atoms. The summed E-state index contributed by atoms with van der Waals surface area (Å²) in [6.45, 7) is 1.36. The molecule has 0 aliphatic carbocycles. The number of fused-ring (bicyclic) bond motifs is 1. The van der Waals surface area contributed by atoms with Crippen molar-refractivity contribution in [3.63, 3.8) is 0 Å². The fraction of sp³-hybridized carbons (Fsp3) is 0.375. The third kappa shape index (κ3) is 4.68. The lowest BCUT2D eigenvalue weighted by Gasteiger charge is -2.23. The van der Waals surface area contributed by atoms with Crippen molar-refractivity contribution in [1.82, 2.24) is 9.62 Å². The fourth-order valence-corrected chi connectivity index (χ4v) is 4.30. The number of sulfonamides is 1. The molecule has 0 aromatic heterocycles. The van der Waals surface area contributed by atoms with Gasteiger partial charge in [0.1, 0.15) is 6.04 Å². The van der Waals surface area contributed by atoms with Crippen LogP contribution in [0, 0.1) is 0 Å². The summed E-state index contributed by atoms with van der Waals surface area (Å²) >= 11 is 0. The second kappa shape index (κ2) is 7.84. The number of hydrogen-bond acceptors (Lipinski definition) is 6. The maximum absolute atomic E-state index is 12.4. The van der Waals surface area contributed by atoms with E-state index >= 15 is 0 Å². The monoisotopic (exact) mass is 398 g/mol. The van der Waals surface area contributed by atoms with Crippen LogP contribution in [-0.2, 0) is 19.6 Å². The van der Waals surface area contributed by atoms with Gasteiger partial charge in [-0.3, -0.25) is 24.1 Å². The quantitative estimate of drug-likeness (QED) is 0.487. The van der Waals surface area contributed by atoms with E-state index in [2.05, 4.69) is 0 Å². The van der Waals surface area contributed by atoms with Crippen LogP contribution in [-0.4, -0.2) is 65.1 Å². The lowest BCUT2D eigenvalue weighted by Crippen LogP contribution is -2.48. The van der Waals surface area contributed by atoms with E-state index in [1.807, 2.05) is 4.72 Å². The van der Waals surface area contributed by atoms with Gasteiger partial charge < -0.3 is 10.2 Å². The molecule has 1 aliphatic rings. The largest absolute Gasteiger partial charge is 0.481 e. The van der Waals surface area contributed by atoms with Gasteiger partial charge in [-0.15, -0.1) is 0 Å². The standard InChI is InChI=1S/C16H18N2O8S/c1-9(18-14(21)10-4-2-3-5-11(10)15(18)22)8-27(25,26)17-12(16(23)24)6-7-13(19)20/h2-5,9,12,17H,6-8H2,1H3,(H,19,20)(H,23,24)/t9-,12+/m0/s1. The highest BCUT2D eigenvalue weighted by Gasteiger charge is 2.40. The molecule has 1 heterocycles. The zero-order valence-corrected chi connectivity index (χ0v) is 15.1. The van der Waals surface area contributed by atoms with Gasteiger partial charge >= 0.3 is 11.9 Å². The Morgan fingerprint density at radius 1 is 1.11 bits per heavy atom. The SMILES string of the molecule is C[C@@H](CS(=O)(=O)N[C@H](CCC(=O)O)C(=O)O)N1C(=O)c2ccccc2C1=O. The first-order chi connectivity index (χ1) is 12.5. The molecule has 1 aromatic rings. The van der Waals surface area contributed by atoms with Crippen LogP contribution >= 0.6 is 0 Å². The molecule has 1 aliphatic heterocycles.